The summed E-state index contributed by atoms with van der Waals surface area (Å²) in [7, 11) is 2.16. The molecule has 0 amide bonds. The quantitative estimate of drug-likeness (QED) is 0.867. The number of halogens is 1. The Morgan fingerprint density at radius 3 is 2.65 bits per heavy atom. The first-order valence-corrected chi connectivity index (χ1v) is 6.36. The van der Waals surface area contributed by atoms with Gasteiger partial charge < -0.3 is 5.32 Å². The Bertz CT molecular complexity index is 344. The second kappa shape index (κ2) is 5.61. The maximum atomic E-state index is 12.9. The van der Waals surface area contributed by atoms with Crippen molar-refractivity contribution in [3.05, 3.63) is 35.6 Å². The maximum Gasteiger partial charge on any atom is 0.123 e. The summed E-state index contributed by atoms with van der Waals surface area (Å²) in [6.07, 6.45) is 2.49. The Morgan fingerprint density at radius 1 is 1.35 bits per heavy atom. The van der Waals surface area contributed by atoms with E-state index in [1.54, 1.807) is 12.1 Å². The Labute approximate surface area is 103 Å². The molecule has 0 bridgehead atoms. The Morgan fingerprint density at radius 2 is 2.06 bits per heavy atom. The number of hydrogen-bond acceptors (Lipinski definition) is 2. The number of hydrogen-bond donors (Lipinski definition) is 1. The minimum absolute atomic E-state index is 0.164. The molecule has 2 unspecified atom stereocenters. The predicted molar refractivity (Wildman–Crippen MR) is 68.5 cm³/mol. The van der Waals surface area contributed by atoms with Crippen LogP contribution >= 0.6 is 0 Å². The maximum absolute atomic E-state index is 12.9. The molecule has 17 heavy (non-hydrogen) atoms. The number of piperidine rings is 1. The molecule has 0 aliphatic carbocycles. The molecule has 0 saturated carbocycles. The van der Waals surface area contributed by atoms with E-state index in [0.717, 1.165) is 13.1 Å². The van der Waals surface area contributed by atoms with E-state index in [9.17, 15) is 4.39 Å². The molecule has 1 N–H and O–H groups in total. The van der Waals surface area contributed by atoms with Gasteiger partial charge in [0, 0.05) is 18.6 Å². The highest BCUT2D eigenvalue weighted by molar-refractivity contribution is 5.19. The molecule has 1 heterocycles. The molecule has 2 rings (SSSR count). The highest BCUT2D eigenvalue weighted by Crippen LogP contribution is 2.23. The molecule has 2 atom stereocenters. The summed E-state index contributed by atoms with van der Waals surface area (Å²) in [4.78, 5) is 2.39. The molecule has 1 aliphatic heterocycles. The molecule has 0 aromatic heterocycles. The number of nitrogens with zero attached hydrogens (tertiary/aromatic N) is 1. The van der Waals surface area contributed by atoms with E-state index in [1.165, 1.54) is 18.4 Å². The molecule has 1 fully saturated rings. The van der Waals surface area contributed by atoms with E-state index in [4.69, 9.17) is 0 Å². The van der Waals surface area contributed by atoms with Crippen LogP contribution in [0.15, 0.2) is 24.3 Å². The van der Waals surface area contributed by atoms with Gasteiger partial charge in [-0.05, 0) is 51.1 Å². The van der Waals surface area contributed by atoms with Crippen molar-refractivity contribution in [1.29, 1.82) is 0 Å². The summed E-state index contributed by atoms with van der Waals surface area (Å²) < 4.78 is 12.9. The van der Waals surface area contributed by atoms with Crippen molar-refractivity contribution in [3.8, 4) is 0 Å². The third-order valence-electron chi connectivity index (χ3n) is 3.81. The number of rotatable bonds is 3. The van der Waals surface area contributed by atoms with Gasteiger partial charge in [-0.1, -0.05) is 12.1 Å². The monoisotopic (exact) mass is 236 g/mol. The molecule has 1 saturated heterocycles. The molecule has 1 aromatic carbocycles. The molecule has 1 aromatic rings. The topological polar surface area (TPSA) is 15.3 Å². The predicted octanol–water partition coefficient (Wildman–Crippen LogP) is 2.57. The van der Waals surface area contributed by atoms with Crippen LogP contribution in [0.25, 0.3) is 0 Å². The standard InChI is InChI=1S/C14H21FN2/c1-11(12-5-7-13(15)8-6-12)17(2)14-4-3-9-16-10-14/h5-8,11,14,16H,3-4,9-10H2,1-2H3. The molecule has 0 spiro atoms. The van der Waals surface area contributed by atoms with Crippen molar-refractivity contribution in [2.24, 2.45) is 0 Å². The highest BCUT2D eigenvalue weighted by atomic mass is 19.1. The van der Waals surface area contributed by atoms with E-state index < -0.39 is 0 Å². The Kier molecular flexibility index (Phi) is 4.13. The van der Waals surface area contributed by atoms with Gasteiger partial charge in [0.2, 0.25) is 0 Å². The lowest BCUT2D eigenvalue weighted by Crippen LogP contribution is -2.45. The fourth-order valence-corrected chi connectivity index (χ4v) is 2.47. The van der Waals surface area contributed by atoms with Crippen molar-refractivity contribution < 1.29 is 4.39 Å². The summed E-state index contributed by atoms with van der Waals surface area (Å²) in [5.41, 5.74) is 1.18. The summed E-state index contributed by atoms with van der Waals surface area (Å²) in [6, 6.07) is 7.76. The lowest BCUT2D eigenvalue weighted by molar-refractivity contribution is 0.156. The minimum Gasteiger partial charge on any atom is -0.315 e. The number of benzene rings is 1. The van der Waals surface area contributed by atoms with Gasteiger partial charge in [0.15, 0.2) is 0 Å². The number of likely N-dealkylation sites (N-methyl/N-ethyl adjacent to an activating group) is 1. The van der Waals surface area contributed by atoms with Crippen LogP contribution in [0.1, 0.15) is 31.4 Å². The van der Waals surface area contributed by atoms with Crippen molar-refractivity contribution in [1.82, 2.24) is 10.2 Å². The van der Waals surface area contributed by atoms with Crippen molar-refractivity contribution in [2.45, 2.75) is 31.8 Å². The molecular formula is C14H21FN2. The molecule has 1 aliphatic rings. The van der Waals surface area contributed by atoms with Crippen LogP contribution < -0.4 is 5.32 Å². The lowest BCUT2D eigenvalue weighted by atomic mass is 10.0. The van der Waals surface area contributed by atoms with E-state index >= 15 is 0 Å². The second-order valence-corrected chi connectivity index (χ2v) is 4.89. The van der Waals surface area contributed by atoms with Crippen LogP contribution in [-0.4, -0.2) is 31.1 Å². The highest BCUT2D eigenvalue weighted by Gasteiger charge is 2.22. The Balaban J connectivity index is 2.02. The van der Waals surface area contributed by atoms with Gasteiger partial charge in [0.25, 0.3) is 0 Å². The second-order valence-electron chi connectivity index (χ2n) is 4.89. The van der Waals surface area contributed by atoms with Crippen molar-refractivity contribution in [2.75, 3.05) is 20.1 Å². The SMILES string of the molecule is CC(c1ccc(F)cc1)N(C)C1CCCNC1. The van der Waals surface area contributed by atoms with Crippen LogP contribution in [0.5, 0.6) is 0 Å². The first kappa shape index (κ1) is 12.5. The fraction of sp³-hybridized carbons (Fsp3) is 0.571. The Hall–Kier alpha value is -0.930. The summed E-state index contributed by atoms with van der Waals surface area (Å²) in [5.74, 6) is -0.164. The molecule has 3 heteroatoms. The average Bonchev–Trinajstić information content (AvgIpc) is 2.39. The average molecular weight is 236 g/mol. The van der Waals surface area contributed by atoms with E-state index in [0.29, 0.717) is 12.1 Å². The third-order valence-corrected chi connectivity index (χ3v) is 3.81. The van der Waals surface area contributed by atoms with Crippen molar-refractivity contribution >= 4 is 0 Å². The summed E-state index contributed by atoms with van der Waals surface area (Å²) >= 11 is 0. The number of nitrogens with one attached hydrogen (secondary N) is 1. The third kappa shape index (κ3) is 3.05. The van der Waals surface area contributed by atoms with Gasteiger partial charge in [-0.25, -0.2) is 4.39 Å². The largest absolute Gasteiger partial charge is 0.315 e. The van der Waals surface area contributed by atoms with Gasteiger partial charge >= 0.3 is 0 Å². The van der Waals surface area contributed by atoms with Crippen LogP contribution in [0.2, 0.25) is 0 Å². The van der Waals surface area contributed by atoms with E-state index in [2.05, 4.69) is 24.2 Å². The smallest absolute Gasteiger partial charge is 0.123 e. The molecule has 2 nitrogen and oxygen atoms in total. The van der Waals surface area contributed by atoms with Crippen LogP contribution in [0.3, 0.4) is 0 Å². The van der Waals surface area contributed by atoms with Crippen molar-refractivity contribution in [3.63, 3.8) is 0 Å². The van der Waals surface area contributed by atoms with Crippen LogP contribution in [-0.2, 0) is 0 Å². The zero-order chi connectivity index (χ0) is 12.3. The summed E-state index contributed by atoms with van der Waals surface area (Å²) in [6.45, 7) is 4.37. The normalized spacial score (nSPS) is 22.7. The summed E-state index contributed by atoms with van der Waals surface area (Å²) in [5, 5.41) is 3.43. The van der Waals surface area contributed by atoms with Crippen LogP contribution in [0, 0.1) is 5.82 Å². The van der Waals surface area contributed by atoms with Gasteiger partial charge in [-0.15, -0.1) is 0 Å². The zero-order valence-electron chi connectivity index (χ0n) is 10.6. The first-order valence-electron chi connectivity index (χ1n) is 6.36. The molecular weight excluding hydrogens is 215 g/mol. The van der Waals surface area contributed by atoms with Crippen LogP contribution in [0.4, 0.5) is 4.39 Å². The first-order chi connectivity index (χ1) is 8.18. The lowest BCUT2D eigenvalue weighted by Gasteiger charge is -2.36. The van der Waals surface area contributed by atoms with Gasteiger partial charge in [0.1, 0.15) is 5.82 Å². The van der Waals surface area contributed by atoms with Gasteiger partial charge in [-0.2, -0.15) is 0 Å². The van der Waals surface area contributed by atoms with E-state index in [1.807, 2.05) is 12.1 Å². The fourth-order valence-electron chi connectivity index (χ4n) is 2.47. The van der Waals surface area contributed by atoms with Gasteiger partial charge in [-0.3, -0.25) is 4.90 Å². The van der Waals surface area contributed by atoms with Gasteiger partial charge in [0.05, 0.1) is 0 Å². The minimum atomic E-state index is -0.164. The van der Waals surface area contributed by atoms with E-state index in [-0.39, 0.29) is 5.82 Å². The molecule has 0 radical (unpaired) electrons. The zero-order valence-corrected chi connectivity index (χ0v) is 10.6. The molecule has 94 valence electrons.